The van der Waals surface area contributed by atoms with Gasteiger partial charge in [-0.1, -0.05) is 121 Å². The molecule has 3 heterocycles. The number of benzene rings is 7. The van der Waals surface area contributed by atoms with Crippen LogP contribution in [0.2, 0.25) is 0 Å². The molecular weight excluding hydrogens is 655 g/mol. The molecule has 0 saturated heterocycles. The van der Waals surface area contributed by atoms with Gasteiger partial charge in [0.2, 0.25) is 0 Å². The highest BCUT2D eigenvalue weighted by Gasteiger charge is 2.21. The van der Waals surface area contributed by atoms with Crippen LogP contribution in [0, 0.1) is 11.3 Å². The van der Waals surface area contributed by atoms with Gasteiger partial charge in [-0.3, -0.25) is 0 Å². The summed E-state index contributed by atoms with van der Waals surface area (Å²) in [5, 5.41) is 13.4. The van der Waals surface area contributed by atoms with Gasteiger partial charge < -0.3 is 4.42 Å². The SMILES string of the molecule is N#Cc1cc(-c2cccc(-c3ccc(-c4ccccc4)cc3)c2)cc(-c2nc(-c3cccc4c3oc3ccccc34)c3sc4ccccc4c3n2)c1. The molecule has 0 radical (unpaired) electrons. The van der Waals surface area contributed by atoms with E-state index in [0.29, 0.717) is 11.4 Å². The quantitative estimate of drug-likeness (QED) is 0.181. The van der Waals surface area contributed by atoms with Crippen LogP contribution in [0.3, 0.4) is 0 Å². The average molecular weight is 682 g/mol. The topological polar surface area (TPSA) is 62.7 Å². The van der Waals surface area contributed by atoms with Crippen LogP contribution in [-0.4, -0.2) is 9.97 Å². The molecule has 0 spiro atoms. The highest BCUT2D eigenvalue weighted by molar-refractivity contribution is 7.26. The highest BCUT2D eigenvalue weighted by Crippen LogP contribution is 2.43. The van der Waals surface area contributed by atoms with Gasteiger partial charge in [0.15, 0.2) is 5.82 Å². The third kappa shape index (κ3) is 5.05. The smallest absolute Gasteiger partial charge is 0.160 e. The normalized spacial score (nSPS) is 11.4. The van der Waals surface area contributed by atoms with Crippen molar-refractivity contribution in [2.45, 2.75) is 0 Å². The molecule has 0 unspecified atom stereocenters. The summed E-state index contributed by atoms with van der Waals surface area (Å²) in [6.07, 6.45) is 0. The molecule has 0 saturated carbocycles. The van der Waals surface area contributed by atoms with Crippen LogP contribution in [0.4, 0.5) is 0 Å². The molecule has 0 atom stereocenters. The van der Waals surface area contributed by atoms with Crippen molar-refractivity contribution in [3.05, 3.63) is 169 Å². The summed E-state index contributed by atoms with van der Waals surface area (Å²) in [6.45, 7) is 0. The zero-order valence-corrected chi connectivity index (χ0v) is 28.6. The number of hydrogen-bond donors (Lipinski definition) is 0. The van der Waals surface area contributed by atoms with Crippen molar-refractivity contribution >= 4 is 53.6 Å². The Kier molecular flexibility index (Phi) is 7.02. The van der Waals surface area contributed by atoms with Crippen LogP contribution in [-0.2, 0) is 0 Å². The number of thiophene rings is 1. The first-order chi connectivity index (χ1) is 25.7. The second-order valence-electron chi connectivity index (χ2n) is 12.9. The van der Waals surface area contributed by atoms with E-state index in [1.54, 1.807) is 11.3 Å². The van der Waals surface area contributed by atoms with Crippen LogP contribution in [0.1, 0.15) is 5.56 Å². The van der Waals surface area contributed by atoms with E-state index in [1.807, 2.05) is 42.5 Å². The van der Waals surface area contributed by atoms with Crippen molar-refractivity contribution in [2.75, 3.05) is 0 Å². The lowest BCUT2D eigenvalue weighted by molar-refractivity contribution is 0.670. The third-order valence-electron chi connectivity index (χ3n) is 9.72. The lowest BCUT2D eigenvalue weighted by atomic mass is 9.95. The monoisotopic (exact) mass is 681 g/mol. The number of para-hydroxylation sites is 2. The molecule has 0 fully saturated rings. The standard InChI is InChI=1S/C47H27N3OS/c48-28-29-24-35(34-13-8-12-33(26-34)32-22-20-31(21-23-32)30-10-2-1-3-11-30)27-36(25-29)47-49-43-39-15-5-7-19-42(39)52-46(43)44(50-47)40-17-9-16-38-37-14-4-6-18-41(37)51-45(38)40/h1-27H. The van der Waals surface area contributed by atoms with E-state index in [4.69, 9.17) is 14.4 Å². The van der Waals surface area contributed by atoms with Crippen LogP contribution >= 0.6 is 11.3 Å². The molecule has 5 heteroatoms. The predicted octanol–water partition coefficient (Wildman–Crippen LogP) is 13.0. The first-order valence-electron chi connectivity index (χ1n) is 17.1. The Morgan fingerprint density at radius 3 is 1.94 bits per heavy atom. The van der Waals surface area contributed by atoms with Crippen LogP contribution in [0.5, 0.6) is 0 Å². The first kappa shape index (κ1) is 30.0. The Hall–Kier alpha value is -6.87. The van der Waals surface area contributed by atoms with Crippen LogP contribution in [0.15, 0.2) is 168 Å². The minimum Gasteiger partial charge on any atom is -0.455 e. The zero-order chi connectivity index (χ0) is 34.6. The molecule has 10 rings (SSSR count). The van der Waals surface area contributed by atoms with Gasteiger partial charge >= 0.3 is 0 Å². The second-order valence-corrected chi connectivity index (χ2v) is 13.9. The fourth-order valence-corrected chi connectivity index (χ4v) is 8.33. The molecule has 0 amide bonds. The summed E-state index contributed by atoms with van der Waals surface area (Å²) in [5.74, 6) is 0.560. The zero-order valence-electron chi connectivity index (χ0n) is 27.7. The lowest BCUT2D eigenvalue weighted by Crippen LogP contribution is -1.95. The number of nitriles is 1. The van der Waals surface area contributed by atoms with Crippen molar-refractivity contribution in [1.82, 2.24) is 9.97 Å². The van der Waals surface area contributed by atoms with E-state index >= 15 is 0 Å². The summed E-state index contributed by atoms with van der Waals surface area (Å²) in [7, 11) is 0. The van der Waals surface area contributed by atoms with Crippen molar-refractivity contribution in [3.8, 4) is 62.1 Å². The minimum atomic E-state index is 0.546. The van der Waals surface area contributed by atoms with Crippen LogP contribution < -0.4 is 0 Å². The highest BCUT2D eigenvalue weighted by atomic mass is 32.1. The maximum Gasteiger partial charge on any atom is 0.160 e. The molecule has 0 aliphatic carbocycles. The number of nitrogens with zero attached hydrogens (tertiary/aromatic N) is 3. The van der Waals surface area contributed by atoms with Gasteiger partial charge in [-0.2, -0.15) is 5.26 Å². The molecule has 0 aliphatic heterocycles. The Bertz CT molecular complexity index is 3020. The van der Waals surface area contributed by atoms with Gasteiger partial charge in [0.1, 0.15) is 11.2 Å². The maximum atomic E-state index is 10.2. The van der Waals surface area contributed by atoms with Gasteiger partial charge in [0.25, 0.3) is 0 Å². The molecule has 10 aromatic rings. The Labute approximate surface area is 303 Å². The van der Waals surface area contributed by atoms with E-state index < -0.39 is 0 Å². The molecule has 242 valence electrons. The van der Waals surface area contributed by atoms with Gasteiger partial charge in [0, 0.05) is 32.0 Å². The number of hydrogen-bond acceptors (Lipinski definition) is 5. The number of aromatic nitrogens is 2. The number of rotatable bonds is 5. The van der Waals surface area contributed by atoms with Crippen molar-refractivity contribution in [1.29, 1.82) is 5.26 Å². The van der Waals surface area contributed by atoms with E-state index in [1.165, 1.54) is 11.1 Å². The summed E-state index contributed by atoms with van der Waals surface area (Å²) < 4.78 is 8.64. The Morgan fingerprint density at radius 1 is 0.500 bits per heavy atom. The molecule has 0 aliphatic rings. The third-order valence-corrected chi connectivity index (χ3v) is 10.9. The summed E-state index contributed by atoms with van der Waals surface area (Å²) in [6, 6.07) is 58.6. The van der Waals surface area contributed by atoms with Gasteiger partial charge in [-0.25, -0.2) is 9.97 Å². The molecule has 0 bridgehead atoms. The predicted molar refractivity (Wildman–Crippen MR) is 214 cm³/mol. The fourth-order valence-electron chi connectivity index (χ4n) is 7.19. The summed E-state index contributed by atoms with van der Waals surface area (Å²) >= 11 is 1.69. The fraction of sp³-hybridized carbons (Fsp3) is 0. The molecule has 52 heavy (non-hydrogen) atoms. The average Bonchev–Trinajstić information content (AvgIpc) is 3.79. The summed E-state index contributed by atoms with van der Waals surface area (Å²) in [5.41, 5.74) is 12.1. The van der Waals surface area contributed by atoms with Crippen molar-refractivity contribution < 1.29 is 4.42 Å². The maximum absolute atomic E-state index is 10.2. The van der Waals surface area contributed by atoms with E-state index in [0.717, 1.165) is 81.3 Å². The number of fused-ring (bicyclic) bond motifs is 6. The minimum absolute atomic E-state index is 0.546. The number of furan rings is 1. The molecule has 3 aromatic heterocycles. The summed E-state index contributed by atoms with van der Waals surface area (Å²) in [4.78, 5) is 10.5. The van der Waals surface area contributed by atoms with Crippen molar-refractivity contribution in [3.63, 3.8) is 0 Å². The Balaban J connectivity index is 1.13. The Morgan fingerprint density at radius 2 is 1.12 bits per heavy atom. The van der Waals surface area contributed by atoms with E-state index in [9.17, 15) is 5.26 Å². The molecule has 7 aromatic carbocycles. The van der Waals surface area contributed by atoms with Gasteiger partial charge in [-0.05, 0) is 75.8 Å². The largest absolute Gasteiger partial charge is 0.455 e. The molecular formula is C47H27N3OS. The second kappa shape index (κ2) is 12.2. The van der Waals surface area contributed by atoms with E-state index in [2.05, 4.69) is 127 Å². The van der Waals surface area contributed by atoms with Crippen molar-refractivity contribution in [2.24, 2.45) is 0 Å². The van der Waals surface area contributed by atoms with Gasteiger partial charge in [-0.15, -0.1) is 11.3 Å². The van der Waals surface area contributed by atoms with Gasteiger partial charge in [0.05, 0.1) is 27.5 Å². The first-order valence-corrected chi connectivity index (χ1v) is 17.9. The van der Waals surface area contributed by atoms with Crippen LogP contribution in [0.25, 0.3) is 98.3 Å². The van der Waals surface area contributed by atoms with E-state index in [-0.39, 0.29) is 0 Å². The molecule has 4 nitrogen and oxygen atoms in total. The molecule has 0 N–H and O–H groups in total. The lowest BCUT2D eigenvalue weighted by Gasteiger charge is -2.11.